The van der Waals surface area contributed by atoms with Gasteiger partial charge in [0, 0.05) is 32.2 Å². The van der Waals surface area contributed by atoms with E-state index < -0.39 is 0 Å². The first kappa shape index (κ1) is 16.2. The first-order valence-corrected chi connectivity index (χ1v) is 8.17. The zero-order valence-corrected chi connectivity index (χ0v) is 14.0. The van der Waals surface area contributed by atoms with Gasteiger partial charge < -0.3 is 9.64 Å². The number of hydrogen-bond donors (Lipinski definition) is 0. The molecule has 0 bridgehead atoms. The molecule has 5 nitrogen and oxygen atoms in total. The van der Waals surface area contributed by atoms with Gasteiger partial charge in [0.15, 0.2) is 0 Å². The molecule has 0 N–H and O–H groups in total. The fourth-order valence-corrected chi connectivity index (χ4v) is 2.91. The highest BCUT2D eigenvalue weighted by molar-refractivity contribution is 6.28. The van der Waals surface area contributed by atoms with Crippen LogP contribution in [0.2, 0.25) is 5.28 Å². The number of halogens is 1. The summed E-state index contributed by atoms with van der Waals surface area (Å²) in [5.41, 5.74) is 2.22. The smallest absolute Gasteiger partial charge is 0.224 e. The average molecular weight is 333 g/mol. The molecule has 0 amide bonds. The number of hydrogen-bond acceptors (Lipinski definition) is 5. The van der Waals surface area contributed by atoms with E-state index in [4.69, 9.17) is 16.3 Å². The van der Waals surface area contributed by atoms with Crippen LogP contribution in [0.15, 0.2) is 36.4 Å². The first-order chi connectivity index (χ1) is 11.2. The molecule has 2 aromatic rings. The van der Waals surface area contributed by atoms with Crippen molar-refractivity contribution in [2.45, 2.75) is 13.1 Å². The lowest BCUT2D eigenvalue weighted by Gasteiger charge is -2.28. The van der Waals surface area contributed by atoms with Gasteiger partial charge in [0.2, 0.25) is 5.28 Å². The first-order valence-electron chi connectivity index (χ1n) is 7.79. The molecule has 1 aliphatic heterocycles. The van der Waals surface area contributed by atoms with Crippen molar-refractivity contribution in [3.8, 4) is 0 Å². The Morgan fingerprint density at radius 3 is 2.61 bits per heavy atom. The number of anilines is 1. The van der Waals surface area contributed by atoms with Gasteiger partial charge in [-0.3, -0.25) is 4.90 Å². The van der Waals surface area contributed by atoms with Crippen LogP contribution in [-0.2, 0) is 17.8 Å². The van der Waals surface area contributed by atoms with Crippen molar-refractivity contribution >= 4 is 17.4 Å². The second-order valence-electron chi connectivity index (χ2n) is 5.74. The molecular weight excluding hydrogens is 312 g/mol. The van der Waals surface area contributed by atoms with E-state index in [-0.39, 0.29) is 0 Å². The Morgan fingerprint density at radius 2 is 1.87 bits per heavy atom. The van der Waals surface area contributed by atoms with E-state index in [1.165, 1.54) is 5.56 Å². The highest BCUT2D eigenvalue weighted by Gasteiger charge is 2.15. The van der Waals surface area contributed by atoms with Gasteiger partial charge in [-0.2, -0.15) is 0 Å². The Hall–Kier alpha value is -1.69. The van der Waals surface area contributed by atoms with Gasteiger partial charge in [0.25, 0.3) is 0 Å². The predicted molar refractivity (Wildman–Crippen MR) is 91.7 cm³/mol. The molecule has 1 fully saturated rings. The van der Waals surface area contributed by atoms with Gasteiger partial charge >= 0.3 is 0 Å². The second kappa shape index (κ2) is 7.73. The van der Waals surface area contributed by atoms with Crippen molar-refractivity contribution in [2.75, 3.05) is 38.3 Å². The Bertz CT molecular complexity index is 632. The maximum atomic E-state index is 6.11. The molecule has 23 heavy (non-hydrogen) atoms. The quantitative estimate of drug-likeness (QED) is 0.787. The molecule has 0 unspecified atom stereocenters. The Kier molecular flexibility index (Phi) is 5.43. The van der Waals surface area contributed by atoms with Crippen LogP contribution in [0.25, 0.3) is 0 Å². The van der Waals surface area contributed by atoms with E-state index >= 15 is 0 Å². The van der Waals surface area contributed by atoms with E-state index in [9.17, 15) is 0 Å². The second-order valence-corrected chi connectivity index (χ2v) is 6.08. The van der Waals surface area contributed by atoms with Gasteiger partial charge in [-0.1, -0.05) is 30.3 Å². The zero-order chi connectivity index (χ0) is 16.1. The molecule has 0 atom stereocenters. The van der Waals surface area contributed by atoms with Crippen LogP contribution in [0.3, 0.4) is 0 Å². The SMILES string of the molecule is CN(Cc1ccccc1)Cc1cc(N2CCOCC2)nc(Cl)n1. The van der Waals surface area contributed by atoms with Crippen LogP contribution < -0.4 is 4.90 Å². The third-order valence-electron chi connectivity index (χ3n) is 3.80. The van der Waals surface area contributed by atoms with E-state index in [1.807, 2.05) is 12.1 Å². The summed E-state index contributed by atoms with van der Waals surface area (Å²) in [6, 6.07) is 12.4. The summed E-state index contributed by atoms with van der Waals surface area (Å²) in [4.78, 5) is 13.1. The van der Waals surface area contributed by atoms with Gasteiger partial charge in [0.1, 0.15) is 5.82 Å². The molecule has 1 aliphatic rings. The summed E-state index contributed by atoms with van der Waals surface area (Å²) >= 11 is 6.11. The van der Waals surface area contributed by atoms with Crippen LogP contribution >= 0.6 is 11.6 Å². The zero-order valence-electron chi connectivity index (χ0n) is 13.3. The Morgan fingerprint density at radius 1 is 1.13 bits per heavy atom. The summed E-state index contributed by atoms with van der Waals surface area (Å²) in [6.07, 6.45) is 0. The summed E-state index contributed by atoms with van der Waals surface area (Å²) in [7, 11) is 2.08. The van der Waals surface area contributed by atoms with Crippen LogP contribution in [0, 0.1) is 0 Å². The number of rotatable bonds is 5. The number of benzene rings is 1. The number of aromatic nitrogens is 2. The molecule has 1 aromatic heterocycles. The summed E-state index contributed by atoms with van der Waals surface area (Å²) in [6.45, 7) is 4.73. The molecule has 2 heterocycles. The fourth-order valence-electron chi connectivity index (χ4n) is 2.71. The highest BCUT2D eigenvalue weighted by atomic mass is 35.5. The molecule has 1 aromatic carbocycles. The Labute approximate surface area is 141 Å². The van der Waals surface area contributed by atoms with Gasteiger partial charge in [-0.25, -0.2) is 9.97 Å². The van der Waals surface area contributed by atoms with Gasteiger partial charge in [-0.05, 0) is 24.2 Å². The van der Waals surface area contributed by atoms with Crippen LogP contribution in [-0.4, -0.2) is 48.2 Å². The molecule has 122 valence electrons. The van der Waals surface area contributed by atoms with Crippen molar-refractivity contribution in [1.29, 1.82) is 0 Å². The van der Waals surface area contributed by atoms with Crippen molar-refractivity contribution in [3.05, 3.63) is 52.9 Å². The van der Waals surface area contributed by atoms with E-state index in [0.717, 1.165) is 50.9 Å². The lowest BCUT2D eigenvalue weighted by Crippen LogP contribution is -2.37. The maximum absolute atomic E-state index is 6.11. The summed E-state index contributed by atoms with van der Waals surface area (Å²) < 4.78 is 5.39. The minimum Gasteiger partial charge on any atom is -0.378 e. The molecule has 3 rings (SSSR count). The van der Waals surface area contributed by atoms with Gasteiger partial charge in [0.05, 0.1) is 18.9 Å². The lowest BCUT2D eigenvalue weighted by molar-refractivity contribution is 0.122. The number of nitrogens with zero attached hydrogens (tertiary/aromatic N) is 4. The third kappa shape index (κ3) is 4.64. The van der Waals surface area contributed by atoms with Crippen LogP contribution in [0.5, 0.6) is 0 Å². The predicted octanol–water partition coefficient (Wildman–Crippen LogP) is 2.60. The highest BCUT2D eigenvalue weighted by Crippen LogP contribution is 2.18. The third-order valence-corrected chi connectivity index (χ3v) is 3.97. The van der Waals surface area contributed by atoms with E-state index in [2.05, 4.69) is 51.1 Å². The molecular formula is C17H21ClN4O. The maximum Gasteiger partial charge on any atom is 0.224 e. The molecule has 0 radical (unpaired) electrons. The van der Waals surface area contributed by atoms with E-state index in [0.29, 0.717) is 5.28 Å². The van der Waals surface area contributed by atoms with Crippen molar-refractivity contribution in [3.63, 3.8) is 0 Å². The molecule has 6 heteroatoms. The largest absolute Gasteiger partial charge is 0.378 e. The van der Waals surface area contributed by atoms with E-state index in [1.54, 1.807) is 0 Å². The average Bonchev–Trinajstić information content (AvgIpc) is 2.56. The summed E-state index contributed by atoms with van der Waals surface area (Å²) in [5, 5.41) is 0.303. The van der Waals surface area contributed by atoms with Crippen LogP contribution in [0.4, 0.5) is 5.82 Å². The van der Waals surface area contributed by atoms with Crippen molar-refractivity contribution < 1.29 is 4.74 Å². The number of ether oxygens (including phenoxy) is 1. The molecule has 1 saturated heterocycles. The summed E-state index contributed by atoms with van der Waals surface area (Å²) in [5.74, 6) is 0.886. The van der Waals surface area contributed by atoms with Gasteiger partial charge in [-0.15, -0.1) is 0 Å². The lowest BCUT2D eigenvalue weighted by atomic mass is 10.2. The normalized spacial score (nSPS) is 15.2. The molecule has 0 spiro atoms. The molecule has 0 saturated carbocycles. The standard InChI is InChI=1S/C17H21ClN4O/c1-21(12-14-5-3-2-4-6-14)13-15-11-16(20-17(18)19-15)22-7-9-23-10-8-22/h2-6,11H,7-10,12-13H2,1H3. The molecule has 0 aliphatic carbocycles. The minimum atomic E-state index is 0.303. The monoisotopic (exact) mass is 332 g/mol. The Balaban J connectivity index is 1.68. The fraction of sp³-hybridized carbons (Fsp3) is 0.412. The van der Waals surface area contributed by atoms with Crippen molar-refractivity contribution in [1.82, 2.24) is 14.9 Å². The van der Waals surface area contributed by atoms with Crippen molar-refractivity contribution in [2.24, 2.45) is 0 Å². The topological polar surface area (TPSA) is 41.5 Å². The minimum absolute atomic E-state index is 0.303. The van der Waals surface area contributed by atoms with Crippen LogP contribution in [0.1, 0.15) is 11.3 Å². The number of morpholine rings is 1.